The number of aromatic amines is 1. The lowest BCUT2D eigenvalue weighted by Crippen LogP contribution is -2.13. The monoisotopic (exact) mass is 369 g/mol. The molecule has 9 nitrogen and oxygen atoms in total. The van der Waals surface area contributed by atoms with E-state index in [4.69, 9.17) is 4.52 Å². The highest BCUT2D eigenvalue weighted by atomic mass is 32.1. The zero-order chi connectivity index (χ0) is 18.3. The predicted octanol–water partition coefficient (Wildman–Crippen LogP) is 3.75. The Bertz CT molecular complexity index is 1140. The van der Waals surface area contributed by atoms with Crippen molar-refractivity contribution in [1.82, 2.24) is 15.1 Å². The molecule has 0 aliphatic carbocycles. The third-order valence-electron chi connectivity index (χ3n) is 3.81. The molecule has 4 aromatic rings. The van der Waals surface area contributed by atoms with Gasteiger partial charge in [0, 0.05) is 17.3 Å². The summed E-state index contributed by atoms with van der Waals surface area (Å²) in [5.41, 5.74) is 2.27. The predicted molar refractivity (Wildman–Crippen MR) is 95.3 cm³/mol. The SMILES string of the molecule is Cc1onc(-c2ccc3cc[nH]c3c2)c1C(=O)Nc1ncc([N+](=O)[O-])s1. The Kier molecular flexibility index (Phi) is 3.73. The second kappa shape index (κ2) is 6.08. The Hall–Kier alpha value is -3.53. The molecule has 10 heteroatoms. The van der Waals surface area contributed by atoms with E-state index in [0.29, 0.717) is 17.0 Å². The maximum Gasteiger partial charge on any atom is 0.345 e. The van der Waals surface area contributed by atoms with Crippen LogP contribution in [-0.4, -0.2) is 26.0 Å². The van der Waals surface area contributed by atoms with Crippen LogP contribution in [0.2, 0.25) is 0 Å². The van der Waals surface area contributed by atoms with Crippen LogP contribution in [0.4, 0.5) is 10.1 Å². The summed E-state index contributed by atoms with van der Waals surface area (Å²) in [6, 6.07) is 7.57. The van der Waals surface area contributed by atoms with Gasteiger partial charge in [0.15, 0.2) is 5.13 Å². The van der Waals surface area contributed by atoms with E-state index in [1.807, 2.05) is 30.5 Å². The second-order valence-corrected chi connectivity index (χ2v) is 6.47. The maximum absolute atomic E-state index is 12.7. The molecule has 0 saturated carbocycles. The van der Waals surface area contributed by atoms with Crippen LogP contribution in [0.25, 0.3) is 22.2 Å². The fraction of sp³-hybridized carbons (Fsp3) is 0.0625. The van der Waals surface area contributed by atoms with Gasteiger partial charge in [-0.1, -0.05) is 17.3 Å². The smallest absolute Gasteiger partial charge is 0.345 e. The largest absolute Gasteiger partial charge is 0.361 e. The number of hydrogen-bond acceptors (Lipinski definition) is 7. The summed E-state index contributed by atoms with van der Waals surface area (Å²) in [6.07, 6.45) is 2.92. The van der Waals surface area contributed by atoms with Gasteiger partial charge in [0.1, 0.15) is 23.2 Å². The van der Waals surface area contributed by atoms with Gasteiger partial charge in [0.05, 0.1) is 4.92 Å². The number of nitrogens with zero attached hydrogens (tertiary/aromatic N) is 3. The second-order valence-electron chi connectivity index (χ2n) is 5.46. The zero-order valence-electron chi connectivity index (χ0n) is 13.3. The Balaban J connectivity index is 1.68. The lowest BCUT2D eigenvalue weighted by molar-refractivity contribution is -0.380. The van der Waals surface area contributed by atoms with Crippen molar-refractivity contribution < 1.29 is 14.2 Å². The van der Waals surface area contributed by atoms with Crippen LogP contribution in [0.3, 0.4) is 0 Å². The van der Waals surface area contributed by atoms with Gasteiger partial charge in [-0.3, -0.25) is 20.2 Å². The van der Waals surface area contributed by atoms with Gasteiger partial charge in [-0.2, -0.15) is 0 Å². The molecule has 0 unspecified atom stereocenters. The number of carbonyl (C=O) groups excluding carboxylic acids is 1. The van der Waals surface area contributed by atoms with Gasteiger partial charge < -0.3 is 9.51 Å². The normalized spacial score (nSPS) is 11.0. The van der Waals surface area contributed by atoms with Crippen molar-refractivity contribution >= 4 is 38.3 Å². The van der Waals surface area contributed by atoms with Crippen LogP contribution in [0, 0.1) is 17.0 Å². The standard InChI is InChI=1S/C16H11N5O4S/c1-8-13(15(22)19-16-18-7-12(26-16)21(23)24)14(20-25-8)10-3-2-9-4-5-17-11(9)6-10/h2-7,17H,1H3,(H,18,19,22). The minimum atomic E-state index is -0.561. The molecule has 0 spiro atoms. The van der Waals surface area contributed by atoms with E-state index in [9.17, 15) is 14.9 Å². The van der Waals surface area contributed by atoms with Crippen molar-refractivity contribution in [2.45, 2.75) is 6.92 Å². The fourth-order valence-electron chi connectivity index (χ4n) is 2.60. The summed E-state index contributed by atoms with van der Waals surface area (Å²) < 4.78 is 5.20. The van der Waals surface area contributed by atoms with Gasteiger partial charge in [-0.15, -0.1) is 0 Å². The molecule has 3 heterocycles. The molecule has 0 atom stereocenters. The molecule has 0 fully saturated rings. The third-order valence-corrected chi connectivity index (χ3v) is 4.68. The number of carbonyl (C=O) groups is 1. The minimum Gasteiger partial charge on any atom is -0.361 e. The Morgan fingerprint density at radius 3 is 3.00 bits per heavy atom. The molecule has 0 radical (unpaired) electrons. The molecule has 4 rings (SSSR count). The van der Waals surface area contributed by atoms with Crippen LogP contribution in [0.15, 0.2) is 41.2 Å². The van der Waals surface area contributed by atoms with Crippen molar-refractivity contribution in [2.24, 2.45) is 0 Å². The summed E-state index contributed by atoms with van der Waals surface area (Å²) in [4.78, 5) is 29.8. The molecule has 0 aliphatic heterocycles. The Labute approximate surface area is 149 Å². The summed E-state index contributed by atoms with van der Waals surface area (Å²) in [5, 5.41) is 18.3. The number of aryl methyl sites for hydroxylation is 1. The van der Waals surface area contributed by atoms with Crippen LogP contribution in [0.1, 0.15) is 16.1 Å². The molecule has 1 aromatic carbocycles. The van der Waals surface area contributed by atoms with E-state index in [0.717, 1.165) is 28.4 Å². The first-order valence-electron chi connectivity index (χ1n) is 7.48. The van der Waals surface area contributed by atoms with Crippen molar-refractivity contribution in [1.29, 1.82) is 0 Å². The lowest BCUT2D eigenvalue weighted by Gasteiger charge is -2.03. The van der Waals surface area contributed by atoms with Crippen molar-refractivity contribution in [3.8, 4) is 11.3 Å². The molecular formula is C16H11N5O4S. The molecular weight excluding hydrogens is 358 g/mol. The van der Waals surface area contributed by atoms with Gasteiger partial charge >= 0.3 is 5.00 Å². The van der Waals surface area contributed by atoms with E-state index in [2.05, 4.69) is 20.4 Å². The van der Waals surface area contributed by atoms with Crippen molar-refractivity contribution in [2.75, 3.05) is 5.32 Å². The number of nitro groups is 1. The highest BCUT2D eigenvalue weighted by Crippen LogP contribution is 2.30. The summed E-state index contributed by atoms with van der Waals surface area (Å²) >= 11 is 0.779. The summed E-state index contributed by atoms with van der Waals surface area (Å²) in [6.45, 7) is 1.63. The first kappa shape index (κ1) is 16.0. The first-order valence-corrected chi connectivity index (χ1v) is 8.30. The number of H-pyrrole nitrogens is 1. The number of benzene rings is 1. The molecule has 3 aromatic heterocycles. The van der Waals surface area contributed by atoms with Gasteiger partial charge in [-0.25, -0.2) is 4.98 Å². The van der Waals surface area contributed by atoms with Crippen LogP contribution >= 0.6 is 11.3 Å². The highest BCUT2D eigenvalue weighted by molar-refractivity contribution is 7.18. The number of amides is 1. The number of fused-ring (bicyclic) bond motifs is 1. The fourth-order valence-corrected chi connectivity index (χ4v) is 3.23. The molecule has 0 saturated heterocycles. The third kappa shape index (κ3) is 2.71. The van der Waals surface area contributed by atoms with Crippen molar-refractivity contribution in [3.63, 3.8) is 0 Å². The van der Waals surface area contributed by atoms with Crippen LogP contribution in [0.5, 0.6) is 0 Å². The van der Waals surface area contributed by atoms with E-state index in [1.165, 1.54) is 0 Å². The van der Waals surface area contributed by atoms with Crippen LogP contribution in [-0.2, 0) is 0 Å². The molecule has 0 aliphatic rings. The molecule has 0 bridgehead atoms. The van der Waals surface area contributed by atoms with E-state index in [-0.39, 0.29) is 15.7 Å². The number of anilines is 1. The summed E-state index contributed by atoms with van der Waals surface area (Å²) in [5.74, 6) is -0.148. The molecule has 130 valence electrons. The first-order chi connectivity index (χ1) is 12.5. The topological polar surface area (TPSA) is 127 Å². The average molecular weight is 369 g/mol. The van der Waals surface area contributed by atoms with Gasteiger partial charge in [-0.05, 0) is 35.8 Å². The highest BCUT2D eigenvalue weighted by Gasteiger charge is 2.23. The molecule has 26 heavy (non-hydrogen) atoms. The van der Waals surface area contributed by atoms with Gasteiger partial charge in [0.2, 0.25) is 0 Å². The Morgan fingerprint density at radius 1 is 1.38 bits per heavy atom. The summed E-state index contributed by atoms with van der Waals surface area (Å²) in [7, 11) is 0. The van der Waals surface area contributed by atoms with E-state index < -0.39 is 10.8 Å². The number of nitrogens with one attached hydrogen (secondary N) is 2. The lowest BCUT2D eigenvalue weighted by atomic mass is 10.0. The maximum atomic E-state index is 12.7. The zero-order valence-corrected chi connectivity index (χ0v) is 14.2. The number of aromatic nitrogens is 3. The van der Waals surface area contributed by atoms with Gasteiger partial charge in [0.25, 0.3) is 5.91 Å². The minimum absolute atomic E-state index is 0.132. The molecule has 2 N–H and O–H groups in total. The van der Waals surface area contributed by atoms with Crippen LogP contribution < -0.4 is 5.32 Å². The number of hydrogen-bond donors (Lipinski definition) is 2. The quantitative estimate of drug-likeness (QED) is 0.416. The average Bonchev–Trinajstić information content (AvgIpc) is 3.32. The van der Waals surface area contributed by atoms with E-state index in [1.54, 1.807) is 6.92 Å². The number of rotatable bonds is 4. The Morgan fingerprint density at radius 2 is 2.23 bits per heavy atom. The number of thiazole rings is 1. The van der Waals surface area contributed by atoms with E-state index >= 15 is 0 Å². The van der Waals surface area contributed by atoms with Crippen molar-refractivity contribution in [3.05, 3.63) is 58.1 Å². The molecule has 1 amide bonds.